The van der Waals surface area contributed by atoms with Crippen molar-refractivity contribution in [2.24, 2.45) is 5.92 Å². The van der Waals surface area contributed by atoms with Gasteiger partial charge < -0.3 is 19.9 Å². The summed E-state index contributed by atoms with van der Waals surface area (Å²) in [6.45, 7) is 3.91. The molecular weight excluding hydrogens is 404 g/mol. The second kappa shape index (κ2) is 9.96. The second-order valence-corrected chi connectivity index (χ2v) is 8.95. The average Bonchev–Trinajstić information content (AvgIpc) is 2.80. The third-order valence-electron chi connectivity index (χ3n) is 6.48. The lowest BCUT2D eigenvalue weighted by atomic mass is 9.88. The number of nitrogens with zero attached hydrogens (tertiary/aromatic N) is 3. The van der Waals surface area contributed by atoms with Crippen molar-refractivity contribution >= 4 is 29.2 Å². The molecule has 1 saturated carbocycles. The van der Waals surface area contributed by atoms with E-state index < -0.39 is 0 Å². The van der Waals surface area contributed by atoms with Gasteiger partial charge in [-0.15, -0.1) is 0 Å². The first kappa shape index (κ1) is 21.4. The van der Waals surface area contributed by atoms with Crippen molar-refractivity contribution in [1.29, 1.82) is 0 Å². The van der Waals surface area contributed by atoms with Crippen LogP contribution in [0.25, 0.3) is 0 Å². The van der Waals surface area contributed by atoms with E-state index in [9.17, 15) is 9.59 Å². The van der Waals surface area contributed by atoms with Crippen LogP contribution in [0.3, 0.4) is 0 Å². The molecule has 2 saturated heterocycles. The summed E-state index contributed by atoms with van der Waals surface area (Å²) in [5, 5.41) is 3.76. The van der Waals surface area contributed by atoms with Crippen LogP contribution in [0.4, 0.5) is 5.82 Å². The number of amides is 2. The van der Waals surface area contributed by atoms with Crippen molar-refractivity contribution in [3.8, 4) is 0 Å². The first-order valence-corrected chi connectivity index (χ1v) is 11.6. The summed E-state index contributed by atoms with van der Waals surface area (Å²) >= 11 is 6.50. The molecule has 0 unspecified atom stereocenters. The summed E-state index contributed by atoms with van der Waals surface area (Å²) in [7, 11) is 0. The minimum absolute atomic E-state index is 0.0524. The highest BCUT2D eigenvalue weighted by molar-refractivity contribution is 6.33. The number of ether oxygens (including phenoxy) is 1. The van der Waals surface area contributed by atoms with E-state index in [1.165, 1.54) is 19.3 Å². The van der Waals surface area contributed by atoms with Crippen LogP contribution >= 0.6 is 11.6 Å². The first-order valence-electron chi connectivity index (χ1n) is 11.2. The molecule has 4 rings (SSSR count). The summed E-state index contributed by atoms with van der Waals surface area (Å²) in [6, 6.07) is 1.94. The van der Waals surface area contributed by atoms with Gasteiger partial charge in [-0.25, -0.2) is 4.98 Å². The molecule has 1 aromatic heterocycles. The number of carbonyl (C=O) groups is 2. The third kappa shape index (κ3) is 5.06. The fraction of sp³-hybridized carbons (Fsp3) is 0.682. The Morgan fingerprint density at radius 3 is 2.40 bits per heavy atom. The third-order valence-corrected chi connectivity index (χ3v) is 6.76. The van der Waals surface area contributed by atoms with Gasteiger partial charge in [-0.3, -0.25) is 9.59 Å². The van der Waals surface area contributed by atoms with E-state index in [2.05, 4.69) is 15.2 Å². The fourth-order valence-electron chi connectivity index (χ4n) is 4.65. The van der Waals surface area contributed by atoms with Crippen molar-refractivity contribution in [2.75, 3.05) is 44.3 Å². The van der Waals surface area contributed by atoms with Gasteiger partial charge >= 0.3 is 0 Å². The van der Waals surface area contributed by atoms with Crippen LogP contribution < -0.4 is 10.2 Å². The van der Waals surface area contributed by atoms with Gasteiger partial charge in [0.1, 0.15) is 5.82 Å². The first-order chi connectivity index (χ1) is 14.6. The Hall–Kier alpha value is -1.86. The zero-order chi connectivity index (χ0) is 20.9. The highest BCUT2D eigenvalue weighted by Crippen LogP contribution is 2.28. The van der Waals surface area contributed by atoms with Crippen molar-refractivity contribution in [1.82, 2.24) is 15.2 Å². The Kier molecular flexibility index (Phi) is 7.10. The summed E-state index contributed by atoms with van der Waals surface area (Å²) in [5.41, 5.74) is 0.514. The number of morpholine rings is 1. The summed E-state index contributed by atoms with van der Waals surface area (Å²) in [4.78, 5) is 33.6. The molecule has 7 nitrogen and oxygen atoms in total. The van der Waals surface area contributed by atoms with Gasteiger partial charge in [0, 0.05) is 44.3 Å². The number of aromatic nitrogens is 1. The van der Waals surface area contributed by atoms with E-state index in [1.54, 1.807) is 17.2 Å². The Labute approximate surface area is 183 Å². The van der Waals surface area contributed by atoms with Gasteiger partial charge in [-0.1, -0.05) is 30.9 Å². The van der Waals surface area contributed by atoms with E-state index in [1.807, 2.05) is 0 Å². The van der Waals surface area contributed by atoms with Crippen LogP contribution in [-0.4, -0.2) is 67.1 Å². The number of rotatable bonds is 4. The van der Waals surface area contributed by atoms with Crippen molar-refractivity contribution in [3.63, 3.8) is 0 Å². The fourth-order valence-corrected chi connectivity index (χ4v) is 4.93. The molecule has 0 bridgehead atoms. The maximum atomic E-state index is 12.6. The summed E-state index contributed by atoms with van der Waals surface area (Å²) in [6.07, 6.45) is 9.04. The molecule has 2 aliphatic heterocycles. The zero-order valence-electron chi connectivity index (χ0n) is 17.4. The molecule has 3 aliphatic rings. The minimum Gasteiger partial charge on any atom is -0.378 e. The zero-order valence-corrected chi connectivity index (χ0v) is 18.2. The Morgan fingerprint density at radius 2 is 1.73 bits per heavy atom. The average molecular weight is 435 g/mol. The lowest BCUT2D eigenvalue weighted by molar-refractivity contribution is -0.126. The van der Waals surface area contributed by atoms with Crippen LogP contribution in [0.1, 0.15) is 55.3 Å². The molecule has 3 fully saturated rings. The number of hydrogen-bond acceptors (Lipinski definition) is 5. The van der Waals surface area contributed by atoms with E-state index in [-0.39, 0.29) is 23.8 Å². The van der Waals surface area contributed by atoms with Gasteiger partial charge in [0.25, 0.3) is 5.91 Å². The Balaban J connectivity index is 1.31. The molecule has 1 aliphatic carbocycles. The van der Waals surface area contributed by atoms with Crippen LogP contribution in [0.5, 0.6) is 0 Å². The summed E-state index contributed by atoms with van der Waals surface area (Å²) in [5.74, 6) is 1.09. The Bertz CT molecular complexity index is 755. The van der Waals surface area contributed by atoms with E-state index in [0.29, 0.717) is 42.7 Å². The number of nitrogens with one attached hydrogen (secondary N) is 1. The predicted molar refractivity (Wildman–Crippen MR) is 116 cm³/mol. The maximum Gasteiger partial charge on any atom is 0.255 e. The molecule has 2 amide bonds. The molecule has 30 heavy (non-hydrogen) atoms. The highest BCUT2D eigenvalue weighted by atomic mass is 35.5. The van der Waals surface area contributed by atoms with E-state index >= 15 is 0 Å². The second-order valence-electron chi connectivity index (χ2n) is 8.54. The van der Waals surface area contributed by atoms with Gasteiger partial charge in [0.15, 0.2) is 0 Å². The number of piperidine rings is 1. The standard InChI is InChI=1S/C22H31ClN4O3/c23-19-14-17(22(29)27-10-12-30-13-11-27)15-24-20(19)26-8-6-18(7-9-26)25-21(28)16-4-2-1-3-5-16/h14-16,18H,1-13H2,(H,25,28). The SMILES string of the molecule is O=C(NC1CCN(c2ncc(C(=O)N3CCOCC3)cc2Cl)CC1)C1CCCCC1. The predicted octanol–water partition coefficient (Wildman–Crippen LogP) is 2.87. The maximum absolute atomic E-state index is 12.6. The van der Waals surface area contributed by atoms with Gasteiger partial charge in [0.2, 0.25) is 5.91 Å². The largest absolute Gasteiger partial charge is 0.378 e. The lowest BCUT2D eigenvalue weighted by Crippen LogP contribution is -2.47. The highest BCUT2D eigenvalue weighted by Gasteiger charge is 2.27. The molecule has 1 aromatic rings. The van der Waals surface area contributed by atoms with Crippen LogP contribution in [-0.2, 0) is 9.53 Å². The number of carbonyl (C=O) groups excluding carboxylic acids is 2. The topological polar surface area (TPSA) is 74.8 Å². The van der Waals surface area contributed by atoms with Crippen LogP contribution in [0, 0.1) is 5.92 Å². The van der Waals surface area contributed by atoms with Crippen LogP contribution in [0.15, 0.2) is 12.3 Å². The molecule has 0 radical (unpaired) electrons. The van der Waals surface area contributed by atoms with Gasteiger partial charge in [-0.2, -0.15) is 0 Å². The Morgan fingerprint density at radius 1 is 1.03 bits per heavy atom. The van der Waals surface area contributed by atoms with E-state index in [0.717, 1.165) is 38.8 Å². The van der Waals surface area contributed by atoms with Crippen LogP contribution in [0.2, 0.25) is 5.02 Å². The van der Waals surface area contributed by atoms with Gasteiger partial charge in [0.05, 0.1) is 23.8 Å². The number of hydrogen-bond donors (Lipinski definition) is 1. The van der Waals surface area contributed by atoms with Crippen molar-refractivity contribution < 1.29 is 14.3 Å². The normalized spacial score (nSPS) is 21.5. The van der Waals surface area contributed by atoms with Crippen molar-refractivity contribution in [3.05, 3.63) is 22.8 Å². The number of halogens is 1. The monoisotopic (exact) mass is 434 g/mol. The molecular formula is C22H31ClN4O3. The minimum atomic E-state index is -0.0524. The van der Waals surface area contributed by atoms with Gasteiger partial charge in [-0.05, 0) is 31.7 Å². The molecule has 0 atom stereocenters. The smallest absolute Gasteiger partial charge is 0.255 e. The molecule has 8 heteroatoms. The number of anilines is 1. The lowest BCUT2D eigenvalue weighted by Gasteiger charge is -2.34. The number of pyridine rings is 1. The molecule has 0 spiro atoms. The molecule has 3 heterocycles. The molecule has 0 aromatic carbocycles. The van der Waals surface area contributed by atoms with E-state index in [4.69, 9.17) is 16.3 Å². The van der Waals surface area contributed by atoms with Crippen molar-refractivity contribution in [2.45, 2.75) is 51.0 Å². The molecule has 164 valence electrons. The quantitative estimate of drug-likeness (QED) is 0.788. The molecule has 1 N–H and O–H groups in total. The summed E-state index contributed by atoms with van der Waals surface area (Å²) < 4.78 is 5.31.